The van der Waals surface area contributed by atoms with Gasteiger partial charge in [-0.05, 0) is 19.4 Å². The number of benzene rings is 1. The third-order valence-corrected chi connectivity index (χ3v) is 4.64. The summed E-state index contributed by atoms with van der Waals surface area (Å²) in [5.41, 5.74) is 3.19. The van der Waals surface area contributed by atoms with Gasteiger partial charge >= 0.3 is 0 Å². The van der Waals surface area contributed by atoms with Gasteiger partial charge in [0, 0.05) is 44.8 Å². The van der Waals surface area contributed by atoms with Crippen LogP contribution in [0.2, 0.25) is 0 Å². The number of hydrogen-bond acceptors (Lipinski definition) is 5. The van der Waals surface area contributed by atoms with Crippen LogP contribution < -0.4 is 0 Å². The number of piperazine rings is 1. The van der Waals surface area contributed by atoms with Gasteiger partial charge < -0.3 is 9.63 Å². The van der Waals surface area contributed by atoms with Gasteiger partial charge in [-0.25, -0.2) is 0 Å². The van der Waals surface area contributed by atoms with Crippen LogP contribution in [-0.4, -0.2) is 52.8 Å². The first-order valence-corrected chi connectivity index (χ1v) is 8.23. The van der Waals surface area contributed by atoms with Crippen LogP contribution in [0.3, 0.4) is 0 Å². The van der Waals surface area contributed by atoms with E-state index in [0.717, 1.165) is 49.7 Å². The van der Waals surface area contributed by atoms with Gasteiger partial charge in [0.05, 0.1) is 11.8 Å². The average Bonchev–Trinajstić information content (AvgIpc) is 2.89. The molecule has 124 valence electrons. The van der Waals surface area contributed by atoms with Gasteiger partial charge in [0.15, 0.2) is 0 Å². The molecule has 0 spiro atoms. The molecule has 0 bridgehead atoms. The number of aliphatic hydroxyl groups excluding tert-OH is 1. The highest BCUT2D eigenvalue weighted by Gasteiger charge is 2.21. The Morgan fingerprint density at radius 3 is 2.35 bits per heavy atom. The summed E-state index contributed by atoms with van der Waals surface area (Å²) in [5.74, 6) is 0.921. The number of aromatic nitrogens is 1. The molecule has 1 aliphatic rings. The Balaban J connectivity index is 1.49. The third-order valence-electron chi connectivity index (χ3n) is 4.64. The highest BCUT2D eigenvalue weighted by molar-refractivity contribution is 5.20. The molecule has 1 saturated heterocycles. The Labute approximate surface area is 137 Å². The lowest BCUT2D eigenvalue weighted by Gasteiger charge is -2.35. The molecule has 2 heterocycles. The maximum absolute atomic E-state index is 10.3. The van der Waals surface area contributed by atoms with Gasteiger partial charge in [0.2, 0.25) is 0 Å². The van der Waals surface area contributed by atoms with Gasteiger partial charge in [0.25, 0.3) is 0 Å². The minimum atomic E-state index is -0.412. The Bertz CT molecular complexity index is 599. The number of hydrogen-bond donors (Lipinski definition) is 1. The van der Waals surface area contributed by atoms with Crippen molar-refractivity contribution in [3.05, 3.63) is 52.9 Å². The molecular formula is C18H25N3O2. The summed E-state index contributed by atoms with van der Waals surface area (Å²) in [6.07, 6.45) is -0.412. The van der Waals surface area contributed by atoms with Crippen LogP contribution in [-0.2, 0) is 6.54 Å². The standard InChI is InChI=1S/C18H25N3O2/c1-14-17(15(2)23-19-14)12-20-8-10-21(11-9-20)13-18(22)16-6-4-3-5-7-16/h3-7,18,22H,8-13H2,1-2H3. The zero-order valence-electron chi connectivity index (χ0n) is 13.9. The second kappa shape index (κ2) is 7.25. The van der Waals surface area contributed by atoms with Crippen molar-refractivity contribution in [2.45, 2.75) is 26.5 Å². The summed E-state index contributed by atoms with van der Waals surface area (Å²) < 4.78 is 5.24. The predicted octanol–water partition coefficient (Wildman–Crippen LogP) is 2.14. The van der Waals surface area contributed by atoms with Crippen molar-refractivity contribution in [3.63, 3.8) is 0 Å². The highest BCUT2D eigenvalue weighted by atomic mass is 16.5. The molecule has 1 aromatic heterocycles. The number of rotatable bonds is 5. The van der Waals surface area contributed by atoms with Crippen LogP contribution in [0.25, 0.3) is 0 Å². The largest absolute Gasteiger partial charge is 0.387 e. The lowest BCUT2D eigenvalue weighted by molar-refractivity contribution is 0.0699. The fourth-order valence-electron chi connectivity index (χ4n) is 3.11. The van der Waals surface area contributed by atoms with E-state index < -0.39 is 6.10 Å². The normalized spacial score (nSPS) is 18.2. The highest BCUT2D eigenvalue weighted by Crippen LogP contribution is 2.18. The summed E-state index contributed by atoms with van der Waals surface area (Å²) >= 11 is 0. The maximum atomic E-state index is 10.3. The molecule has 0 saturated carbocycles. The zero-order valence-corrected chi connectivity index (χ0v) is 13.9. The first-order valence-electron chi connectivity index (χ1n) is 8.23. The molecule has 5 nitrogen and oxygen atoms in total. The summed E-state index contributed by atoms with van der Waals surface area (Å²) in [6.45, 7) is 9.54. The fourth-order valence-corrected chi connectivity index (χ4v) is 3.11. The molecule has 2 aromatic rings. The van der Waals surface area contributed by atoms with Crippen LogP contribution in [0.15, 0.2) is 34.9 Å². The topological polar surface area (TPSA) is 52.7 Å². The molecule has 1 aromatic carbocycles. The van der Waals surface area contributed by atoms with E-state index in [2.05, 4.69) is 15.0 Å². The molecule has 0 aliphatic carbocycles. The number of aliphatic hydroxyl groups is 1. The first-order chi connectivity index (χ1) is 11.1. The van der Waals surface area contributed by atoms with E-state index >= 15 is 0 Å². The quantitative estimate of drug-likeness (QED) is 0.916. The van der Waals surface area contributed by atoms with E-state index in [1.807, 2.05) is 44.2 Å². The molecule has 1 unspecified atom stereocenters. The van der Waals surface area contributed by atoms with E-state index in [1.165, 1.54) is 5.56 Å². The SMILES string of the molecule is Cc1noc(C)c1CN1CCN(CC(O)c2ccccc2)CC1. The average molecular weight is 315 g/mol. The van der Waals surface area contributed by atoms with Crippen molar-refractivity contribution in [1.29, 1.82) is 0 Å². The van der Waals surface area contributed by atoms with Gasteiger partial charge in [0.1, 0.15) is 5.76 Å². The maximum Gasteiger partial charge on any atom is 0.138 e. The van der Waals surface area contributed by atoms with Gasteiger partial charge in [-0.3, -0.25) is 9.80 Å². The van der Waals surface area contributed by atoms with Crippen LogP contribution in [0.1, 0.15) is 28.7 Å². The number of aryl methyl sites for hydroxylation is 2. The molecule has 1 atom stereocenters. The first kappa shape index (κ1) is 16.2. The molecule has 0 radical (unpaired) electrons. The van der Waals surface area contributed by atoms with Crippen LogP contribution in [0.5, 0.6) is 0 Å². The number of nitrogens with zero attached hydrogens (tertiary/aromatic N) is 3. The lowest BCUT2D eigenvalue weighted by atomic mass is 10.1. The summed E-state index contributed by atoms with van der Waals surface area (Å²) in [6, 6.07) is 9.89. The lowest BCUT2D eigenvalue weighted by Crippen LogP contribution is -2.47. The Kier molecular flexibility index (Phi) is 5.10. The van der Waals surface area contributed by atoms with Crippen molar-refractivity contribution < 1.29 is 9.63 Å². The van der Waals surface area contributed by atoms with E-state index in [1.54, 1.807) is 0 Å². The monoisotopic (exact) mass is 315 g/mol. The van der Waals surface area contributed by atoms with E-state index in [4.69, 9.17) is 4.52 Å². The van der Waals surface area contributed by atoms with E-state index in [9.17, 15) is 5.11 Å². The summed E-state index contributed by atoms with van der Waals surface area (Å²) in [5, 5.41) is 14.4. The summed E-state index contributed by atoms with van der Waals surface area (Å²) in [7, 11) is 0. The van der Waals surface area contributed by atoms with Crippen LogP contribution >= 0.6 is 0 Å². The summed E-state index contributed by atoms with van der Waals surface area (Å²) in [4.78, 5) is 4.76. The van der Waals surface area contributed by atoms with Crippen molar-refractivity contribution in [2.24, 2.45) is 0 Å². The van der Waals surface area contributed by atoms with E-state index in [-0.39, 0.29) is 0 Å². The molecular weight excluding hydrogens is 290 g/mol. The Morgan fingerprint density at radius 1 is 1.09 bits per heavy atom. The smallest absolute Gasteiger partial charge is 0.138 e. The number of β-amino-alcohol motifs (C(OH)–C–C–N with tert-alkyl or cyclic N) is 1. The van der Waals surface area contributed by atoms with Crippen LogP contribution in [0, 0.1) is 13.8 Å². The van der Waals surface area contributed by atoms with Gasteiger partial charge in [-0.1, -0.05) is 35.5 Å². The van der Waals surface area contributed by atoms with Gasteiger partial charge in [-0.2, -0.15) is 0 Å². The molecule has 1 fully saturated rings. The minimum Gasteiger partial charge on any atom is -0.387 e. The molecule has 23 heavy (non-hydrogen) atoms. The Morgan fingerprint density at radius 2 is 1.74 bits per heavy atom. The molecule has 3 rings (SSSR count). The van der Waals surface area contributed by atoms with Crippen molar-refractivity contribution >= 4 is 0 Å². The second-order valence-electron chi connectivity index (χ2n) is 6.31. The van der Waals surface area contributed by atoms with Crippen molar-refractivity contribution in [3.8, 4) is 0 Å². The Hall–Kier alpha value is -1.69. The third kappa shape index (κ3) is 3.99. The van der Waals surface area contributed by atoms with Crippen LogP contribution in [0.4, 0.5) is 0 Å². The van der Waals surface area contributed by atoms with Crippen molar-refractivity contribution in [1.82, 2.24) is 15.0 Å². The van der Waals surface area contributed by atoms with Gasteiger partial charge in [-0.15, -0.1) is 0 Å². The zero-order chi connectivity index (χ0) is 16.2. The van der Waals surface area contributed by atoms with E-state index in [0.29, 0.717) is 6.54 Å². The van der Waals surface area contributed by atoms with Crippen molar-refractivity contribution in [2.75, 3.05) is 32.7 Å². The molecule has 1 aliphatic heterocycles. The molecule has 0 amide bonds. The predicted molar refractivity (Wildman–Crippen MR) is 89.1 cm³/mol. The molecule has 1 N–H and O–H groups in total. The second-order valence-corrected chi connectivity index (χ2v) is 6.31. The fraction of sp³-hybridized carbons (Fsp3) is 0.500. The molecule has 5 heteroatoms. The minimum absolute atomic E-state index is 0.412.